The molecule has 0 aromatic heterocycles. The van der Waals surface area contributed by atoms with E-state index >= 15 is 0 Å². The van der Waals surface area contributed by atoms with Gasteiger partial charge < -0.3 is 14.6 Å². The van der Waals surface area contributed by atoms with Gasteiger partial charge in [-0.25, -0.2) is 4.79 Å². The maximum absolute atomic E-state index is 12.5. The predicted molar refractivity (Wildman–Crippen MR) is 119 cm³/mol. The molecule has 0 aliphatic heterocycles. The van der Waals surface area contributed by atoms with Crippen molar-refractivity contribution in [3.8, 4) is 0 Å². The number of hydrogen-bond acceptors (Lipinski definition) is 6. The highest BCUT2D eigenvalue weighted by molar-refractivity contribution is 5.89. The van der Waals surface area contributed by atoms with Gasteiger partial charge in [0, 0.05) is 18.4 Å². The van der Waals surface area contributed by atoms with Crippen LogP contribution in [0.3, 0.4) is 0 Å². The summed E-state index contributed by atoms with van der Waals surface area (Å²) in [6, 6.07) is 0. The Labute approximate surface area is 190 Å². The van der Waals surface area contributed by atoms with Gasteiger partial charge in [0.25, 0.3) is 0 Å². The number of rotatable bonds is 12. The zero-order valence-electron chi connectivity index (χ0n) is 18.8. The molecule has 2 fully saturated rings. The van der Waals surface area contributed by atoms with E-state index in [9.17, 15) is 19.2 Å². The van der Waals surface area contributed by atoms with Gasteiger partial charge in [-0.1, -0.05) is 13.2 Å². The van der Waals surface area contributed by atoms with Gasteiger partial charge in [-0.15, -0.1) is 0 Å². The van der Waals surface area contributed by atoms with Crippen LogP contribution in [-0.2, 0) is 28.7 Å². The van der Waals surface area contributed by atoms with Crippen molar-refractivity contribution in [1.82, 2.24) is 0 Å². The lowest BCUT2D eigenvalue weighted by molar-refractivity contribution is -0.151. The van der Waals surface area contributed by atoms with Crippen molar-refractivity contribution in [1.29, 1.82) is 0 Å². The van der Waals surface area contributed by atoms with Crippen LogP contribution in [0.25, 0.3) is 0 Å². The summed E-state index contributed by atoms with van der Waals surface area (Å²) < 4.78 is 10.5. The van der Waals surface area contributed by atoms with Crippen LogP contribution in [-0.4, -0.2) is 42.0 Å². The Morgan fingerprint density at radius 1 is 0.844 bits per heavy atom. The number of ketones is 1. The lowest BCUT2D eigenvalue weighted by Gasteiger charge is -2.36. The largest absolute Gasteiger partial charge is 0.481 e. The van der Waals surface area contributed by atoms with Crippen LogP contribution in [0.1, 0.15) is 64.2 Å². The molecule has 2 rings (SSSR count). The Bertz CT molecular complexity index is 682. The molecule has 0 heterocycles. The third-order valence-electron chi connectivity index (χ3n) is 7.01. The SMILES string of the molecule is C=CC(=O)CC(CCOC(=O)C1CCC(C2CCC(C(=O)O)CC2)CC1)COC(=O)C=C. The second-order valence-electron chi connectivity index (χ2n) is 9.09. The van der Waals surface area contributed by atoms with Crippen LogP contribution in [0.5, 0.6) is 0 Å². The average Bonchev–Trinajstić information content (AvgIpc) is 2.82. The van der Waals surface area contributed by atoms with Gasteiger partial charge in [-0.3, -0.25) is 14.4 Å². The van der Waals surface area contributed by atoms with Crippen molar-refractivity contribution in [2.75, 3.05) is 13.2 Å². The van der Waals surface area contributed by atoms with E-state index in [1.54, 1.807) is 0 Å². The number of esters is 2. The summed E-state index contributed by atoms with van der Waals surface area (Å²) in [6.45, 7) is 7.05. The fourth-order valence-corrected chi connectivity index (χ4v) is 4.98. The molecule has 0 bridgehead atoms. The lowest BCUT2D eigenvalue weighted by Crippen LogP contribution is -2.30. The topological polar surface area (TPSA) is 107 Å². The van der Waals surface area contributed by atoms with Gasteiger partial charge in [0.2, 0.25) is 0 Å². The van der Waals surface area contributed by atoms with E-state index in [1.807, 2.05) is 0 Å². The molecule has 0 aromatic carbocycles. The van der Waals surface area contributed by atoms with Crippen LogP contribution < -0.4 is 0 Å². The van der Waals surface area contributed by atoms with Crippen LogP contribution >= 0.6 is 0 Å². The molecule has 178 valence electrons. The van der Waals surface area contributed by atoms with Gasteiger partial charge in [-0.2, -0.15) is 0 Å². The van der Waals surface area contributed by atoms with E-state index in [0.29, 0.717) is 18.3 Å². The molecule has 0 amide bonds. The zero-order chi connectivity index (χ0) is 23.5. The monoisotopic (exact) mass is 448 g/mol. The van der Waals surface area contributed by atoms with E-state index < -0.39 is 11.9 Å². The smallest absolute Gasteiger partial charge is 0.330 e. The molecule has 0 aromatic rings. The average molecular weight is 449 g/mol. The van der Waals surface area contributed by atoms with E-state index in [0.717, 1.165) is 57.4 Å². The first-order valence-corrected chi connectivity index (χ1v) is 11.7. The fourth-order valence-electron chi connectivity index (χ4n) is 4.98. The van der Waals surface area contributed by atoms with Crippen molar-refractivity contribution >= 4 is 23.7 Å². The minimum atomic E-state index is -0.676. The summed E-state index contributed by atoms with van der Waals surface area (Å²) in [4.78, 5) is 46.6. The third-order valence-corrected chi connectivity index (χ3v) is 7.01. The number of aliphatic carboxylic acids is 1. The molecule has 1 atom stereocenters. The van der Waals surface area contributed by atoms with E-state index in [2.05, 4.69) is 13.2 Å². The first-order valence-electron chi connectivity index (χ1n) is 11.7. The molecule has 2 aliphatic rings. The molecule has 1 N–H and O–H groups in total. The number of carboxylic acids is 1. The van der Waals surface area contributed by atoms with Crippen molar-refractivity contribution in [2.45, 2.75) is 64.2 Å². The molecule has 2 saturated carbocycles. The quantitative estimate of drug-likeness (QED) is 0.354. The van der Waals surface area contributed by atoms with E-state index in [-0.39, 0.29) is 49.1 Å². The van der Waals surface area contributed by atoms with Crippen molar-refractivity contribution in [2.24, 2.45) is 29.6 Å². The second-order valence-corrected chi connectivity index (χ2v) is 9.09. The number of hydrogen-bond donors (Lipinski definition) is 1. The predicted octanol–water partition coefficient (Wildman–Crippen LogP) is 4.11. The summed E-state index contributed by atoms with van der Waals surface area (Å²) >= 11 is 0. The number of carbonyl (C=O) groups is 4. The van der Waals surface area contributed by atoms with Crippen molar-refractivity contribution in [3.05, 3.63) is 25.3 Å². The zero-order valence-corrected chi connectivity index (χ0v) is 18.8. The van der Waals surface area contributed by atoms with Gasteiger partial charge in [0.1, 0.15) is 0 Å². The molecule has 0 radical (unpaired) electrons. The van der Waals surface area contributed by atoms with Crippen LogP contribution in [0.2, 0.25) is 0 Å². The maximum atomic E-state index is 12.5. The Hall–Kier alpha value is -2.44. The minimum absolute atomic E-state index is 0.0667. The van der Waals surface area contributed by atoms with Crippen molar-refractivity contribution in [3.63, 3.8) is 0 Å². The van der Waals surface area contributed by atoms with E-state index in [4.69, 9.17) is 14.6 Å². The molecular weight excluding hydrogens is 412 g/mol. The van der Waals surface area contributed by atoms with Crippen molar-refractivity contribution < 1.29 is 33.8 Å². The molecular formula is C25H36O7. The summed E-state index contributed by atoms with van der Waals surface area (Å²) in [7, 11) is 0. The standard InChI is InChI=1S/C25H36O7/c1-3-22(26)15-17(16-32-23(27)4-2)13-14-31-25(30)21-11-7-19(8-12-21)18-5-9-20(10-6-18)24(28)29/h3-4,17-21H,1-2,5-16H2,(H,28,29). The lowest BCUT2D eigenvalue weighted by atomic mass is 9.69. The highest BCUT2D eigenvalue weighted by Crippen LogP contribution is 2.41. The fraction of sp³-hybridized carbons (Fsp3) is 0.680. The summed E-state index contributed by atoms with van der Waals surface area (Å²) in [5, 5.41) is 9.16. The highest BCUT2D eigenvalue weighted by atomic mass is 16.5. The molecule has 0 spiro atoms. The van der Waals surface area contributed by atoms with Crippen LogP contribution in [0.4, 0.5) is 0 Å². The highest BCUT2D eigenvalue weighted by Gasteiger charge is 2.34. The molecule has 7 nitrogen and oxygen atoms in total. The van der Waals surface area contributed by atoms with Crippen LogP contribution in [0, 0.1) is 29.6 Å². The Balaban J connectivity index is 1.70. The first-order chi connectivity index (χ1) is 15.3. The van der Waals surface area contributed by atoms with E-state index in [1.165, 1.54) is 6.08 Å². The normalized spacial score (nSPS) is 26.4. The van der Waals surface area contributed by atoms with Gasteiger partial charge in [-0.05, 0) is 75.7 Å². The summed E-state index contributed by atoms with van der Waals surface area (Å²) in [6.07, 6.45) is 9.96. The molecule has 1 unspecified atom stereocenters. The molecule has 2 aliphatic carbocycles. The van der Waals surface area contributed by atoms with Gasteiger partial charge >= 0.3 is 17.9 Å². The Morgan fingerprint density at radius 3 is 1.91 bits per heavy atom. The molecule has 0 saturated heterocycles. The third kappa shape index (κ3) is 8.24. The number of ether oxygens (including phenoxy) is 2. The summed E-state index contributed by atoms with van der Waals surface area (Å²) in [5.41, 5.74) is 0. The summed E-state index contributed by atoms with van der Waals surface area (Å²) in [5.74, 6) is -0.963. The Morgan fingerprint density at radius 2 is 1.41 bits per heavy atom. The first kappa shape index (κ1) is 25.8. The van der Waals surface area contributed by atoms with Crippen LogP contribution in [0.15, 0.2) is 25.3 Å². The second kappa shape index (κ2) is 13.2. The van der Waals surface area contributed by atoms with Gasteiger partial charge in [0.15, 0.2) is 5.78 Å². The molecule has 7 heteroatoms. The maximum Gasteiger partial charge on any atom is 0.330 e. The number of carboxylic acid groups (broad SMARTS) is 1. The Kier molecular flexibility index (Phi) is 10.6. The number of allylic oxidation sites excluding steroid dienone is 1. The van der Waals surface area contributed by atoms with Gasteiger partial charge in [0.05, 0.1) is 25.0 Å². The number of carbonyl (C=O) groups excluding carboxylic acids is 3. The molecule has 32 heavy (non-hydrogen) atoms. The minimum Gasteiger partial charge on any atom is -0.481 e.